The summed E-state index contributed by atoms with van der Waals surface area (Å²) in [6.07, 6.45) is -0.624. The van der Waals surface area contributed by atoms with Crippen molar-refractivity contribution in [3.63, 3.8) is 0 Å². The minimum atomic E-state index is -0.624. The van der Waals surface area contributed by atoms with Crippen molar-refractivity contribution >= 4 is 17.2 Å². The predicted molar refractivity (Wildman–Crippen MR) is 90.6 cm³/mol. The maximum atomic E-state index is 12.3. The Bertz CT molecular complexity index is 684. The standard InChI is InChI=1S/C17H22N2O3S/c1-10-16(23-13(4)18-10)11(2)19-17(21)12(3)22-15-7-5-6-14(8-15)9-20/h5-8,11-12,20H,9H2,1-4H3,(H,19,21). The Morgan fingerprint density at radius 1 is 1.39 bits per heavy atom. The lowest BCUT2D eigenvalue weighted by Gasteiger charge is -2.18. The van der Waals surface area contributed by atoms with Gasteiger partial charge in [0.15, 0.2) is 6.10 Å². The van der Waals surface area contributed by atoms with Gasteiger partial charge in [-0.15, -0.1) is 11.3 Å². The number of rotatable bonds is 6. The molecule has 2 N–H and O–H groups in total. The number of aliphatic hydroxyl groups is 1. The van der Waals surface area contributed by atoms with E-state index in [0.717, 1.165) is 21.1 Å². The van der Waals surface area contributed by atoms with Gasteiger partial charge in [-0.3, -0.25) is 4.79 Å². The summed E-state index contributed by atoms with van der Waals surface area (Å²) in [6.45, 7) is 7.49. The number of hydrogen-bond acceptors (Lipinski definition) is 5. The predicted octanol–water partition coefficient (Wildman–Crippen LogP) is 2.90. The molecule has 2 rings (SSSR count). The quantitative estimate of drug-likeness (QED) is 0.852. The molecule has 5 nitrogen and oxygen atoms in total. The first-order chi connectivity index (χ1) is 10.9. The van der Waals surface area contributed by atoms with Crippen molar-refractivity contribution < 1.29 is 14.6 Å². The number of aryl methyl sites for hydroxylation is 2. The normalized spacial score (nSPS) is 13.4. The second kappa shape index (κ2) is 7.57. The number of carbonyl (C=O) groups excluding carboxylic acids is 1. The Balaban J connectivity index is 1.98. The van der Waals surface area contributed by atoms with Crippen molar-refractivity contribution in [2.75, 3.05) is 0 Å². The van der Waals surface area contributed by atoms with Crippen LogP contribution in [0.15, 0.2) is 24.3 Å². The zero-order valence-electron chi connectivity index (χ0n) is 13.8. The van der Waals surface area contributed by atoms with Crippen LogP contribution in [0.1, 0.15) is 41.0 Å². The van der Waals surface area contributed by atoms with Crippen LogP contribution in [-0.4, -0.2) is 22.1 Å². The fourth-order valence-electron chi connectivity index (χ4n) is 2.32. The topological polar surface area (TPSA) is 71.5 Å². The van der Waals surface area contributed by atoms with Crippen LogP contribution in [0.5, 0.6) is 5.75 Å². The molecule has 0 bridgehead atoms. The number of nitrogens with zero attached hydrogens (tertiary/aromatic N) is 1. The van der Waals surface area contributed by atoms with Gasteiger partial charge in [-0.2, -0.15) is 0 Å². The highest BCUT2D eigenvalue weighted by Crippen LogP contribution is 2.24. The van der Waals surface area contributed by atoms with Crippen LogP contribution < -0.4 is 10.1 Å². The number of nitrogens with one attached hydrogen (secondary N) is 1. The van der Waals surface area contributed by atoms with E-state index in [1.165, 1.54) is 0 Å². The molecule has 0 radical (unpaired) electrons. The van der Waals surface area contributed by atoms with Gasteiger partial charge in [-0.1, -0.05) is 12.1 Å². The van der Waals surface area contributed by atoms with Crippen molar-refractivity contribution in [2.45, 2.75) is 46.4 Å². The third-order valence-corrected chi connectivity index (χ3v) is 4.71. The van der Waals surface area contributed by atoms with E-state index < -0.39 is 6.10 Å². The number of benzene rings is 1. The summed E-state index contributed by atoms with van der Waals surface area (Å²) in [5, 5.41) is 13.1. The van der Waals surface area contributed by atoms with Crippen LogP contribution in [0.2, 0.25) is 0 Å². The molecule has 0 fully saturated rings. The van der Waals surface area contributed by atoms with E-state index in [1.807, 2.05) is 20.8 Å². The second-order valence-electron chi connectivity index (χ2n) is 5.48. The van der Waals surface area contributed by atoms with Gasteiger partial charge in [0.2, 0.25) is 0 Å². The summed E-state index contributed by atoms with van der Waals surface area (Å²) < 4.78 is 5.66. The maximum absolute atomic E-state index is 12.3. The number of hydrogen-bond donors (Lipinski definition) is 2. The molecule has 1 amide bonds. The van der Waals surface area contributed by atoms with Gasteiger partial charge < -0.3 is 15.2 Å². The number of ether oxygens (including phenoxy) is 1. The fraction of sp³-hybridized carbons (Fsp3) is 0.412. The van der Waals surface area contributed by atoms with Crippen molar-refractivity contribution in [3.8, 4) is 5.75 Å². The highest BCUT2D eigenvalue weighted by atomic mass is 32.1. The SMILES string of the molecule is Cc1nc(C)c(C(C)NC(=O)C(C)Oc2cccc(CO)c2)s1. The Hall–Kier alpha value is -1.92. The largest absolute Gasteiger partial charge is 0.481 e. The molecule has 1 heterocycles. The van der Waals surface area contributed by atoms with Crippen molar-refractivity contribution in [2.24, 2.45) is 0 Å². The van der Waals surface area contributed by atoms with Crippen LogP contribution in [-0.2, 0) is 11.4 Å². The van der Waals surface area contributed by atoms with Crippen molar-refractivity contribution in [1.29, 1.82) is 0 Å². The Morgan fingerprint density at radius 3 is 2.74 bits per heavy atom. The van der Waals surface area contributed by atoms with E-state index in [1.54, 1.807) is 42.5 Å². The third-order valence-electron chi connectivity index (χ3n) is 3.45. The number of amides is 1. The molecule has 0 aliphatic heterocycles. The first-order valence-corrected chi connectivity index (χ1v) is 8.33. The molecule has 0 saturated carbocycles. The number of aromatic nitrogens is 1. The van der Waals surface area contributed by atoms with Crippen LogP contribution >= 0.6 is 11.3 Å². The van der Waals surface area contributed by atoms with E-state index in [2.05, 4.69) is 10.3 Å². The van der Waals surface area contributed by atoms with E-state index in [4.69, 9.17) is 9.84 Å². The van der Waals surface area contributed by atoms with E-state index in [9.17, 15) is 4.79 Å². The van der Waals surface area contributed by atoms with Gasteiger partial charge >= 0.3 is 0 Å². The van der Waals surface area contributed by atoms with E-state index >= 15 is 0 Å². The first kappa shape index (κ1) is 17.4. The molecule has 124 valence electrons. The summed E-state index contributed by atoms with van der Waals surface area (Å²) in [5.74, 6) is 0.383. The van der Waals surface area contributed by atoms with Gasteiger partial charge in [0.25, 0.3) is 5.91 Å². The molecule has 0 aliphatic carbocycles. The zero-order chi connectivity index (χ0) is 17.0. The molecule has 2 unspecified atom stereocenters. The monoisotopic (exact) mass is 334 g/mol. The summed E-state index contributed by atoms with van der Waals surface area (Å²) >= 11 is 1.59. The average Bonchev–Trinajstić information content (AvgIpc) is 2.86. The highest BCUT2D eigenvalue weighted by molar-refractivity contribution is 7.11. The second-order valence-corrected chi connectivity index (χ2v) is 6.71. The molecule has 23 heavy (non-hydrogen) atoms. The Kier molecular flexibility index (Phi) is 5.74. The number of carbonyl (C=O) groups is 1. The molecular formula is C17H22N2O3S. The summed E-state index contributed by atoms with van der Waals surface area (Å²) in [7, 11) is 0. The minimum Gasteiger partial charge on any atom is -0.481 e. The number of aliphatic hydroxyl groups excluding tert-OH is 1. The summed E-state index contributed by atoms with van der Waals surface area (Å²) in [4.78, 5) is 17.7. The molecule has 0 aliphatic rings. The van der Waals surface area contributed by atoms with Crippen LogP contribution in [0.3, 0.4) is 0 Å². The molecule has 6 heteroatoms. The highest BCUT2D eigenvalue weighted by Gasteiger charge is 2.20. The first-order valence-electron chi connectivity index (χ1n) is 7.51. The molecule has 2 atom stereocenters. The Morgan fingerprint density at radius 2 is 2.13 bits per heavy atom. The third kappa shape index (κ3) is 4.53. The molecule has 0 saturated heterocycles. The van der Waals surface area contributed by atoms with Crippen molar-refractivity contribution in [3.05, 3.63) is 45.4 Å². The van der Waals surface area contributed by atoms with Crippen LogP contribution in [0, 0.1) is 13.8 Å². The van der Waals surface area contributed by atoms with Crippen molar-refractivity contribution in [1.82, 2.24) is 10.3 Å². The van der Waals surface area contributed by atoms with Crippen LogP contribution in [0.4, 0.5) is 0 Å². The lowest BCUT2D eigenvalue weighted by molar-refractivity contribution is -0.127. The number of thiazole rings is 1. The molecular weight excluding hydrogens is 312 g/mol. The smallest absolute Gasteiger partial charge is 0.261 e. The maximum Gasteiger partial charge on any atom is 0.261 e. The lowest BCUT2D eigenvalue weighted by atomic mass is 10.2. The summed E-state index contributed by atoms with van der Waals surface area (Å²) in [5.41, 5.74) is 1.70. The van der Waals surface area contributed by atoms with Gasteiger partial charge in [0.05, 0.1) is 23.4 Å². The Labute approximate surface area is 140 Å². The zero-order valence-corrected chi connectivity index (χ0v) is 14.6. The van der Waals surface area contributed by atoms with Gasteiger partial charge in [-0.05, 0) is 45.4 Å². The van der Waals surface area contributed by atoms with Gasteiger partial charge in [0.1, 0.15) is 5.75 Å². The van der Waals surface area contributed by atoms with E-state index in [0.29, 0.717) is 5.75 Å². The molecule has 1 aromatic heterocycles. The lowest BCUT2D eigenvalue weighted by Crippen LogP contribution is -2.37. The summed E-state index contributed by atoms with van der Waals surface area (Å²) in [6, 6.07) is 6.97. The van der Waals surface area contributed by atoms with Crippen LogP contribution in [0.25, 0.3) is 0 Å². The minimum absolute atomic E-state index is 0.0567. The van der Waals surface area contributed by atoms with Gasteiger partial charge in [-0.25, -0.2) is 4.98 Å². The molecule has 0 spiro atoms. The molecule has 1 aromatic carbocycles. The molecule has 2 aromatic rings. The van der Waals surface area contributed by atoms with Gasteiger partial charge in [0, 0.05) is 4.88 Å². The fourth-order valence-corrected chi connectivity index (χ4v) is 3.25. The van der Waals surface area contributed by atoms with E-state index in [-0.39, 0.29) is 18.6 Å². The average molecular weight is 334 g/mol.